The molecule has 144 valence electrons. The third kappa shape index (κ3) is 5.13. The van der Waals surface area contributed by atoms with Gasteiger partial charge in [0.25, 0.3) is 0 Å². The highest BCUT2D eigenvalue weighted by molar-refractivity contribution is 7.98. The fraction of sp³-hybridized carbons (Fsp3) is 0.158. The van der Waals surface area contributed by atoms with E-state index in [1.165, 1.54) is 36.0 Å². The first kappa shape index (κ1) is 20.4. The number of thioether (sulfide) groups is 1. The number of carbonyl (C=O) groups excluding carboxylic acids is 1. The van der Waals surface area contributed by atoms with Gasteiger partial charge in [0.15, 0.2) is 5.16 Å². The predicted octanol–water partition coefficient (Wildman–Crippen LogP) is 4.86. The van der Waals surface area contributed by atoms with Crippen LogP contribution in [-0.2, 0) is 5.75 Å². The van der Waals surface area contributed by atoms with Crippen LogP contribution in [0.2, 0.25) is 10.0 Å². The Bertz CT molecular complexity index is 1080. The molecule has 28 heavy (non-hydrogen) atoms. The van der Waals surface area contributed by atoms with Gasteiger partial charge in [-0.3, -0.25) is 4.79 Å². The highest BCUT2D eigenvalue weighted by Gasteiger charge is 2.16. The zero-order chi connectivity index (χ0) is 20.3. The maximum absolute atomic E-state index is 12.2. The van der Waals surface area contributed by atoms with Crippen LogP contribution in [0.3, 0.4) is 0 Å². The minimum Gasteiger partial charge on any atom is -0.464 e. The van der Waals surface area contributed by atoms with Crippen LogP contribution in [-0.4, -0.2) is 15.9 Å². The summed E-state index contributed by atoms with van der Waals surface area (Å²) in [5, 5.41) is 1.10. The summed E-state index contributed by atoms with van der Waals surface area (Å²) in [6, 6.07) is 7.48. The predicted molar refractivity (Wildman–Crippen MR) is 107 cm³/mol. The molecule has 0 spiro atoms. The molecule has 0 bridgehead atoms. The SMILES string of the molecule is Cc1cc(C)nc(SCc2cc(=O)c(OC(=O)c3ccc(Cl)cc3Cl)co2)n1. The summed E-state index contributed by atoms with van der Waals surface area (Å²) in [4.78, 5) is 33.1. The molecule has 2 aromatic heterocycles. The van der Waals surface area contributed by atoms with Gasteiger partial charge >= 0.3 is 5.97 Å². The molecule has 0 unspecified atom stereocenters. The van der Waals surface area contributed by atoms with Gasteiger partial charge in [0.2, 0.25) is 11.2 Å². The lowest BCUT2D eigenvalue weighted by Gasteiger charge is -2.06. The molecule has 0 saturated carbocycles. The standard InChI is InChI=1S/C19H14Cl2N2O4S/c1-10-5-11(2)23-19(22-10)28-9-13-7-16(24)17(8-26-13)27-18(25)14-4-3-12(20)6-15(14)21/h3-8H,9H2,1-2H3. The van der Waals surface area contributed by atoms with Gasteiger partial charge in [-0.15, -0.1) is 0 Å². The molecule has 3 aromatic rings. The molecule has 6 nitrogen and oxygen atoms in total. The molecule has 2 heterocycles. The van der Waals surface area contributed by atoms with E-state index < -0.39 is 11.4 Å². The summed E-state index contributed by atoms with van der Waals surface area (Å²) < 4.78 is 10.5. The molecule has 1 aromatic carbocycles. The van der Waals surface area contributed by atoms with E-state index >= 15 is 0 Å². The molecular formula is C19H14Cl2N2O4S. The van der Waals surface area contributed by atoms with E-state index in [-0.39, 0.29) is 16.3 Å². The van der Waals surface area contributed by atoms with E-state index in [9.17, 15) is 9.59 Å². The van der Waals surface area contributed by atoms with Crippen LogP contribution in [0.4, 0.5) is 0 Å². The maximum atomic E-state index is 12.2. The Kier molecular flexibility index (Phi) is 6.39. The molecule has 0 atom stereocenters. The number of benzene rings is 1. The van der Waals surface area contributed by atoms with Crippen LogP contribution in [0.5, 0.6) is 5.75 Å². The molecule has 3 rings (SSSR count). The number of esters is 1. The van der Waals surface area contributed by atoms with E-state index in [1.54, 1.807) is 0 Å². The number of halogens is 2. The first-order valence-electron chi connectivity index (χ1n) is 8.06. The zero-order valence-electron chi connectivity index (χ0n) is 14.9. The van der Waals surface area contributed by atoms with Gasteiger partial charge in [-0.05, 0) is 38.1 Å². The second-order valence-corrected chi connectivity index (χ2v) is 7.60. The first-order chi connectivity index (χ1) is 13.3. The lowest BCUT2D eigenvalue weighted by atomic mass is 10.2. The van der Waals surface area contributed by atoms with Crippen molar-refractivity contribution in [3.05, 3.63) is 79.6 Å². The molecule has 0 aliphatic heterocycles. The van der Waals surface area contributed by atoms with Crippen molar-refractivity contribution in [3.8, 4) is 5.75 Å². The highest BCUT2D eigenvalue weighted by Crippen LogP contribution is 2.23. The van der Waals surface area contributed by atoms with Crippen LogP contribution in [0, 0.1) is 13.8 Å². The summed E-state index contributed by atoms with van der Waals surface area (Å²) in [7, 11) is 0. The number of hydrogen-bond acceptors (Lipinski definition) is 7. The fourth-order valence-corrected chi connectivity index (χ4v) is 3.62. The smallest absolute Gasteiger partial charge is 0.345 e. The Morgan fingerprint density at radius 1 is 1.14 bits per heavy atom. The van der Waals surface area contributed by atoms with Crippen LogP contribution >= 0.6 is 35.0 Å². The first-order valence-corrected chi connectivity index (χ1v) is 9.80. The van der Waals surface area contributed by atoms with Gasteiger partial charge in [0.05, 0.1) is 16.3 Å². The Labute approximate surface area is 174 Å². The molecule has 0 radical (unpaired) electrons. The van der Waals surface area contributed by atoms with Crippen LogP contribution in [0.25, 0.3) is 0 Å². The molecule has 0 fully saturated rings. The second kappa shape index (κ2) is 8.77. The van der Waals surface area contributed by atoms with Crippen molar-refractivity contribution < 1.29 is 13.9 Å². The maximum Gasteiger partial charge on any atom is 0.345 e. The van der Waals surface area contributed by atoms with Gasteiger partial charge in [-0.1, -0.05) is 35.0 Å². The Balaban J connectivity index is 1.70. The largest absolute Gasteiger partial charge is 0.464 e. The number of carbonyl (C=O) groups is 1. The third-order valence-electron chi connectivity index (χ3n) is 3.51. The molecular weight excluding hydrogens is 423 g/mol. The van der Waals surface area contributed by atoms with Gasteiger partial charge < -0.3 is 9.15 Å². The lowest BCUT2D eigenvalue weighted by molar-refractivity contribution is 0.0729. The lowest BCUT2D eigenvalue weighted by Crippen LogP contribution is -2.15. The van der Waals surface area contributed by atoms with Crippen LogP contribution in [0.1, 0.15) is 27.5 Å². The van der Waals surface area contributed by atoms with Crippen molar-refractivity contribution in [1.82, 2.24) is 9.97 Å². The summed E-state index contributed by atoms with van der Waals surface area (Å²) in [6.07, 6.45) is 1.10. The quantitative estimate of drug-likeness (QED) is 0.320. The van der Waals surface area contributed by atoms with Gasteiger partial charge in [-0.25, -0.2) is 14.8 Å². The minimum atomic E-state index is -0.778. The van der Waals surface area contributed by atoms with Crippen molar-refractivity contribution in [2.75, 3.05) is 0 Å². The topological polar surface area (TPSA) is 82.3 Å². The van der Waals surface area contributed by atoms with Crippen molar-refractivity contribution in [2.24, 2.45) is 0 Å². The van der Waals surface area contributed by atoms with Gasteiger partial charge in [0.1, 0.15) is 12.0 Å². The number of hydrogen-bond donors (Lipinski definition) is 0. The summed E-state index contributed by atoms with van der Waals surface area (Å²) in [6.45, 7) is 3.77. The number of rotatable bonds is 5. The van der Waals surface area contributed by atoms with Crippen molar-refractivity contribution >= 4 is 40.9 Å². The average Bonchev–Trinajstić information content (AvgIpc) is 2.61. The molecule has 0 aliphatic carbocycles. The average molecular weight is 437 g/mol. The van der Waals surface area contributed by atoms with Crippen molar-refractivity contribution in [2.45, 2.75) is 24.8 Å². The van der Waals surface area contributed by atoms with Crippen LogP contribution < -0.4 is 10.2 Å². The van der Waals surface area contributed by atoms with E-state index in [1.807, 2.05) is 19.9 Å². The molecule has 0 saturated heterocycles. The molecule has 0 N–H and O–H groups in total. The summed E-state index contributed by atoms with van der Waals surface area (Å²) in [5.74, 6) is -0.246. The summed E-state index contributed by atoms with van der Waals surface area (Å²) >= 11 is 13.1. The van der Waals surface area contributed by atoms with Crippen molar-refractivity contribution in [3.63, 3.8) is 0 Å². The Morgan fingerprint density at radius 2 is 1.86 bits per heavy atom. The molecule has 0 aliphatic rings. The summed E-state index contributed by atoms with van der Waals surface area (Å²) in [5.41, 5.74) is 1.33. The van der Waals surface area contributed by atoms with E-state index in [0.717, 1.165) is 17.7 Å². The monoisotopic (exact) mass is 436 g/mol. The fourth-order valence-electron chi connectivity index (χ4n) is 2.29. The van der Waals surface area contributed by atoms with Gasteiger partial charge in [-0.2, -0.15) is 0 Å². The molecule has 9 heteroatoms. The van der Waals surface area contributed by atoms with Crippen molar-refractivity contribution in [1.29, 1.82) is 0 Å². The second-order valence-electron chi connectivity index (χ2n) is 5.81. The minimum absolute atomic E-state index is 0.0945. The Morgan fingerprint density at radius 3 is 2.50 bits per heavy atom. The number of aryl methyl sites for hydroxylation is 2. The zero-order valence-corrected chi connectivity index (χ0v) is 17.2. The number of aromatic nitrogens is 2. The number of nitrogens with zero attached hydrogens (tertiary/aromatic N) is 2. The normalized spacial score (nSPS) is 10.7. The molecule has 0 amide bonds. The van der Waals surface area contributed by atoms with E-state index in [2.05, 4.69) is 9.97 Å². The third-order valence-corrected chi connectivity index (χ3v) is 4.93. The highest BCUT2D eigenvalue weighted by atomic mass is 35.5. The van der Waals surface area contributed by atoms with Crippen LogP contribution in [0.15, 0.2) is 51.0 Å². The number of ether oxygens (including phenoxy) is 1. The van der Waals surface area contributed by atoms with E-state index in [0.29, 0.717) is 21.7 Å². The van der Waals surface area contributed by atoms with Gasteiger partial charge in [0, 0.05) is 22.5 Å². The Hall–Kier alpha value is -2.35. The van der Waals surface area contributed by atoms with E-state index in [4.69, 9.17) is 32.4 Å².